The minimum atomic E-state index is -0.599. The smallest absolute Gasteiger partial charge is 0.336 e. The number of hydrogen-bond donors (Lipinski definition) is 0. The number of carbonyl (C=O) groups excluding carboxylic acids is 1. The fraction of sp³-hybridized carbons (Fsp3) is 0.0769. The Kier molecular flexibility index (Phi) is 6.54. The van der Waals surface area contributed by atoms with Gasteiger partial charge < -0.3 is 13.9 Å². The molecule has 0 amide bonds. The molecule has 4 rings (SSSR count). The molecule has 5 nitrogen and oxygen atoms in total. The zero-order valence-corrected chi connectivity index (χ0v) is 19.2. The highest BCUT2D eigenvalue weighted by atomic mass is 35.5. The summed E-state index contributed by atoms with van der Waals surface area (Å²) >= 11 is 11.9. The average molecular weight is 481 g/mol. The summed E-state index contributed by atoms with van der Waals surface area (Å²) in [6.45, 7) is 3.84. The fourth-order valence-electron chi connectivity index (χ4n) is 3.09. The normalized spacial score (nSPS) is 11.2. The van der Waals surface area contributed by atoms with Crippen LogP contribution in [0.25, 0.3) is 17.0 Å². The van der Waals surface area contributed by atoms with Crippen molar-refractivity contribution in [2.75, 3.05) is 0 Å². The molecule has 0 saturated carbocycles. The van der Waals surface area contributed by atoms with Gasteiger partial charge in [0.15, 0.2) is 0 Å². The van der Waals surface area contributed by atoms with E-state index in [0.29, 0.717) is 26.7 Å². The lowest BCUT2D eigenvalue weighted by molar-refractivity contribution is -0.128. The van der Waals surface area contributed by atoms with Crippen molar-refractivity contribution in [2.45, 2.75) is 13.8 Å². The van der Waals surface area contributed by atoms with E-state index in [0.717, 1.165) is 11.1 Å². The van der Waals surface area contributed by atoms with Gasteiger partial charge in [-0.2, -0.15) is 0 Å². The van der Waals surface area contributed by atoms with Crippen molar-refractivity contribution in [3.05, 3.63) is 104 Å². The number of fused-ring (bicyclic) bond motifs is 1. The first-order chi connectivity index (χ1) is 15.8. The Bertz CT molecular complexity index is 1450. The molecular formula is C26H18Cl2O5. The van der Waals surface area contributed by atoms with Crippen molar-refractivity contribution < 1.29 is 18.7 Å². The van der Waals surface area contributed by atoms with E-state index in [1.54, 1.807) is 24.3 Å². The molecular weight excluding hydrogens is 463 g/mol. The second-order valence-electron chi connectivity index (χ2n) is 7.39. The molecule has 3 aromatic carbocycles. The van der Waals surface area contributed by atoms with Crippen LogP contribution in [0.3, 0.4) is 0 Å². The monoisotopic (exact) mass is 480 g/mol. The number of hydrogen-bond acceptors (Lipinski definition) is 5. The van der Waals surface area contributed by atoms with Gasteiger partial charge in [0.1, 0.15) is 23.3 Å². The maximum Gasteiger partial charge on any atom is 0.336 e. The van der Waals surface area contributed by atoms with Crippen LogP contribution in [0.1, 0.15) is 16.7 Å². The Labute approximate surface area is 199 Å². The Hall–Kier alpha value is -3.54. The Morgan fingerprint density at radius 2 is 1.76 bits per heavy atom. The van der Waals surface area contributed by atoms with Crippen LogP contribution in [-0.2, 0) is 4.79 Å². The predicted octanol–water partition coefficient (Wildman–Crippen LogP) is 7.13. The Morgan fingerprint density at radius 3 is 2.55 bits per heavy atom. The number of benzene rings is 3. The van der Waals surface area contributed by atoms with Crippen molar-refractivity contribution in [1.82, 2.24) is 0 Å². The van der Waals surface area contributed by atoms with Gasteiger partial charge in [-0.25, -0.2) is 4.79 Å². The zero-order chi connectivity index (χ0) is 23.5. The van der Waals surface area contributed by atoms with E-state index in [2.05, 4.69) is 0 Å². The zero-order valence-electron chi connectivity index (χ0n) is 17.7. The van der Waals surface area contributed by atoms with Crippen molar-refractivity contribution in [3.8, 4) is 17.2 Å². The summed E-state index contributed by atoms with van der Waals surface area (Å²) < 4.78 is 16.7. The molecule has 0 N–H and O–H groups in total. The largest absolute Gasteiger partial charge is 0.460 e. The van der Waals surface area contributed by atoms with E-state index >= 15 is 0 Å². The number of halogens is 2. The van der Waals surface area contributed by atoms with E-state index in [9.17, 15) is 9.59 Å². The third kappa shape index (κ3) is 5.28. The van der Waals surface area contributed by atoms with Gasteiger partial charge in [0.25, 0.3) is 0 Å². The molecule has 1 aromatic heterocycles. The van der Waals surface area contributed by atoms with E-state index in [1.165, 1.54) is 30.5 Å². The van der Waals surface area contributed by atoms with Crippen molar-refractivity contribution in [1.29, 1.82) is 0 Å². The highest BCUT2D eigenvalue weighted by Crippen LogP contribution is 2.27. The molecule has 0 aliphatic heterocycles. The summed E-state index contributed by atoms with van der Waals surface area (Å²) in [5, 5.41) is 1.12. The van der Waals surface area contributed by atoms with Crippen molar-refractivity contribution in [2.24, 2.45) is 0 Å². The molecule has 0 spiro atoms. The number of carbonyl (C=O) groups is 1. The third-order valence-corrected chi connectivity index (χ3v) is 5.59. The van der Waals surface area contributed by atoms with Gasteiger partial charge in [-0.3, -0.25) is 4.79 Å². The van der Waals surface area contributed by atoms with Gasteiger partial charge in [-0.15, -0.1) is 0 Å². The topological polar surface area (TPSA) is 65.7 Å². The van der Waals surface area contributed by atoms with E-state index in [-0.39, 0.29) is 22.5 Å². The van der Waals surface area contributed by atoms with Gasteiger partial charge in [0, 0.05) is 12.1 Å². The van der Waals surface area contributed by atoms with Crippen molar-refractivity contribution in [3.63, 3.8) is 0 Å². The van der Waals surface area contributed by atoms with E-state index in [4.69, 9.17) is 37.1 Å². The minimum Gasteiger partial charge on any atom is -0.460 e. The molecule has 0 atom stereocenters. The van der Waals surface area contributed by atoms with Crippen LogP contribution in [0.2, 0.25) is 10.0 Å². The summed E-state index contributed by atoms with van der Waals surface area (Å²) in [4.78, 5) is 25.0. The van der Waals surface area contributed by atoms with Crippen molar-refractivity contribution >= 4 is 46.2 Å². The summed E-state index contributed by atoms with van der Waals surface area (Å²) in [7, 11) is 0. The molecule has 166 valence electrons. The lowest BCUT2D eigenvalue weighted by Gasteiger charge is -2.09. The summed E-state index contributed by atoms with van der Waals surface area (Å²) in [6.07, 6.45) is 4.08. The molecule has 0 aliphatic carbocycles. The molecule has 0 aliphatic rings. The van der Waals surface area contributed by atoms with Crippen LogP contribution in [0.5, 0.6) is 17.2 Å². The van der Waals surface area contributed by atoms with Gasteiger partial charge >= 0.3 is 5.97 Å². The summed E-state index contributed by atoms with van der Waals surface area (Å²) in [5.41, 5.74) is 2.56. The lowest BCUT2D eigenvalue weighted by Crippen LogP contribution is -2.07. The fourth-order valence-corrected chi connectivity index (χ4v) is 3.40. The SMILES string of the molecule is Cc1ccc(C)c(Oc2coc3cc(OC(=O)/C=C/c4ccc(Cl)c(Cl)c4)ccc3c2=O)c1. The van der Waals surface area contributed by atoms with Crippen LogP contribution >= 0.6 is 23.2 Å². The predicted molar refractivity (Wildman–Crippen MR) is 130 cm³/mol. The highest BCUT2D eigenvalue weighted by Gasteiger charge is 2.12. The third-order valence-electron chi connectivity index (χ3n) is 4.85. The summed E-state index contributed by atoms with van der Waals surface area (Å²) in [5.74, 6) is 0.293. The lowest BCUT2D eigenvalue weighted by atomic mass is 10.1. The first kappa shape index (κ1) is 22.6. The maximum atomic E-state index is 12.8. The number of rotatable bonds is 5. The average Bonchev–Trinajstić information content (AvgIpc) is 2.79. The van der Waals surface area contributed by atoms with Crippen LogP contribution in [0.15, 0.2) is 76.1 Å². The van der Waals surface area contributed by atoms with Crippen LogP contribution in [-0.4, -0.2) is 5.97 Å². The molecule has 33 heavy (non-hydrogen) atoms. The molecule has 7 heteroatoms. The van der Waals surface area contributed by atoms with Gasteiger partial charge in [0.05, 0.1) is 15.4 Å². The highest BCUT2D eigenvalue weighted by molar-refractivity contribution is 6.42. The van der Waals surface area contributed by atoms with E-state index < -0.39 is 5.97 Å². The number of ether oxygens (including phenoxy) is 2. The second kappa shape index (κ2) is 9.53. The molecule has 0 bridgehead atoms. The molecule has 0 saturated heterocycles. The molecule has 1 heterocycles. The Balaban J connectivity index is 1.52. The molecule has 4 aromatic rings. The second-order valence-corrected chi connectivity index (χ2v) is 8.20. The molecule has 0 radical (unpaired) electrons. The van der Waals surface area contributed by atoms with Crippen LogP contribution in [0.4, 0.5) is 0 Å². The first-order valence-corrected chi connectivity index (χ1v) is 10.7. The van der Waals surface area contributed by atoms with Gasteiger partial charge in [-0.1, -0.05) is 41.4 Å². The standard InChI is InChI=1S/C26H18Cl2O5/c1-15-3-4-16(2)22(11-15)33-24-14-31-23-13-18(7-8-19(23)26(24)30)32-25(29)10-6-17-5-9-20(27)21(28)12-17/h3-14H,1-2H3/b10-6+. The molecule has 0 fully saturated rings. The quantitative estimate of drug-likeness (QED) is 0.172. The summed E-state index contributed by atoms with van der Waals surface area (Å²) in [6, 6.07) is 15.3. The maximum absolute atomic E-state index is 12.8. The van der Waals surface area contributed by atoms with Crippen LogP contribution in [0, 0.1) is 13.8 Å². The molecule has 0 unspecified atom stereocenters. The first-order valence-electron chi connectivity index (χ1n) is 9.96. The minimum absolute atomic E-state index is 0.0745. The number of aryl methyl sites for hydroxylation is 2. The number of esters is 1. The van der Waals surface area contributed by atoms with Gasteiger partial charge in [0.2, 0.25) is 11.2 Å². The van der Waals surface area contributed by atoms with Gasteiger partial charge in [-0.05, 0) is 66.9 Å². The van der Waals surface area contributed by atoms with E-state index in [1.807, 2.05) is 32.0 Å². The Morgan fingerprint density at radius 1 is 0.939 bits per heavy atom. The van der Waals surface area contributed by atoms with Crippen LogP contribution < -0.4 is 14.9 Å².